The van der Waals surface area contributed by atoms with Crippen molar-refractivity contribution in [1.29, 1.82) is 0 Å². The molecule has 0 aliphatic carbocycles. The molecule has 1 aromatic carbocycles. The minimum absolute atomic E-state index is 0.296. The molecule has 2 heterocycles. The van der Waals surface area contributed by atoms with Gasteiger partial charge in [-0.25, -0.2) is 0 Å². The summed E-state index contributed by atoms with van der Waals surface area (Å²) in [6.45, 7) is 0. The number of imide groups is 1. The number of hydrogen-bond acceptors (Lipinski definition) is 5. The average molecular weight is 275 g/mol. The molecule has 1 aromatic heterocycles. The van der Waals surface area contributed by atoms with Crippen molar-refractivity contribution in [3.63, 3.8) is 0 Å². The topological polar surface area (TPSA) is 84.0 Å². The van der Waals surface area contributed by atoms with E-state index >= 15 is 0 Å². The Morgan fingerprint density at radius 3 is 2.53 bits per heavy atom. The largest absolute Gasteiger partial charge is 0.339 e. The number of rotatable bonds is 2. The fraction of sp³-hybridized carbons (Fsp3) is 0. The van der Waals surface area contributed by atoms with Crippen molar-refractivity contribution in [2.45, 2.75) is 0 Å². The van der Waals surface area contributed by atoms with Crippen LogP contribution in [0.5, 0.6) is 0 Å². The molecule has 0 unspecified atom stereocenters. The summed E-state index contributed by atoms with van der Waals surface area (Å²) >= 11 is 5.63. The van der Waals surface area contributed by atoms with Crippen LogP contribution in [0.4, 0.5) is 11.5 Å². The van der Waals surface area contributed by atoms with Crippen LogP contribution < -0.4 is 10.6 Å². The van der Waals surface area contributed by atoms with Gasteiger partial charge in [0.25, 0.3) is 11.8 Å². The van der Waals surface area contributed by atoms with Crippen molar-refractivity contribution in [3.05, 3.63) is 46.6 Å². The second kappa shape index (κ2) is 4.33. The van der Waals surface area contributed by atoms with Crippen LogP contribution in [0.3, 0.4) is 0 Å². The van der Waals surface area contributed by atoms with E-state index < -0.39 is 5.91 Å². The van der Waals surface area contributed by atoms with Crippen molar-refractivity contribution < 1.29 is 9.59 Å². The van der Waals surface area contributed by atoms with Gasteiger partial charge >= 0.3 is 0 Å². The summed E-state index contributed by atoms with van der Waals surface area (Å²) in [4.78, 5) is 22.9. The quantitative estimate of drug-likeness (QED) is 0.815. The van der Waals surface area contributed by atoms with Gasteiger partial charge < -0.3 is 5.32 Å². The van der Waals surface area contributed by atoms with Crippen molar-refractivity contribution in [2.75, 3.05) is 5.32 Å². The lowest BCUT2D eigenvalue weighted by molar-refractivity contribution is 0.0879. The molecular weight excluding hydrogens is 268 g/mol. The Kier molecular flexibility index (Phi) is 2.64. The maximum Gasteiger partial charge on any atom is 0.259 e. The Labute approximate surface area is 112 Å². The number of halogens is 1. The standard InChI is InChI=1S/C12H7ClN4O2/c13-9-3-4-10(17-16-9)14-6-1-2-7-8(5-6)12(19)15-11(7)18/h1-5H,(H,14,17)(H,15,18,19). The van der Waals surface area contributed by atoms with Crippen molar-refractivity contribution in [3.8, 4) is 0 Å². The van der Waals surface area contributed by atoms with Gasteiger partial charge in [0, 0.05) is 5.69 Å². The molecule has 0 atom stereocenters. The Morgan fingerprint density at radius 1 is 1.00 bits per heavy atom. The van der Waals surface area contributed by atoms with E-state index in [4.69, 9.17) is 11.6 Å². The molecule has 2 amide bonds. The van der Waals surface area contributed by atoms with E-state index in [1.807, 2.05) is 0 Å². The minimum atomic E-state index is -0.397. The van der Waals surface area contributed by atoms with Crippen LogP contribution in [0.15, 0.2) is 30.3 Å². The third-order valence-corrected chi connectivity index (χ3v) is 2.84. The van der Waals surface area contributed by atoms with E-state index in [1.165, 1.54) is 0 Å². The number of benzene rings is 1. The maximum absolute atomic E-state index is 11.5. The van der Waals surface area contributed by atoms with Crippen LogP contribution in [0, 0.1) is 0 Å². The molecule has 19 heavy (non-hydrogen) atoms. The number of carbonyl (C=O) groups excluding carboxylic acids is 2. The first-order valence-corrected chi connectivity index (χ1v) is 5.77. The van der Waals surface area contributed by atoms with E-state index in [0.29, 0.717) is 27.8 Å². The summed E-state index contributed by atoms with van der Waals surface area (Å²) in [7, 11) is 0. The number of carbonyl (C=O) groups is 2. The van der Waals surface area contributed by atoms with Gasteiger partial charge in [0.2, 0.25) is 0 Å². The Hall–Kier alpha value is -2.47. The zero-order chi connectivity index (χ0) is 13.4. The lowest BCUT2D eigenvalue weighted by Crippen LogP contribution is -2.19. The van der Waals surface area contributed by atoms with Gasteiger partial charge in [-0.2, -0.15) is 0 Å². The van der Waals surface area contributed by atoms with Crippen molar-refractivity contribution in [1.82, 2.24) is 15.5 Å². The predicted molar refractivity (Wildman–Crippen MR) is 68.6 cm³/mol. The first kappa shape index (κ1) is 11.6. The summed E-state index contributed by atoms with van der Waals surface area (Å²) in [5.74, 6) is -0.280. The molecule has 6 nitrogen and oxygen atoms in total. The van der Waals surface area contributed by atoms with Gasteiger partial charge in [-0.05, 0) is 30.3 Å². The maximum atomic E-state index is 11.5. The molecule has 1 aliphatic rings. The van der Waals surface area contributed by atoms with Gasteiger partial charge in [0.1, 0.15) is 0 Å². The predicted octanol–water partition coefficient (Wildman–Crippen LogP) is 1.76. The number of hydrogen-bond donors (Lipinski definition) is 2. The van der Waals surface area contributed by atoms with Crippen LogP contribution in [-0.4, -0.2) is 22.0 Å². The van der Waals surface area contributed by atoms with E-state index in [1.54, 1.807) is 30.3 Å². The summed E-state index contributed by atoms with van der Waals surface area (Å²) in [6, 6.07) is 8.12. The number of amides is 2. The van der Waals surface area contributed by atoms with E-state index in [-0.39, 0.29) is 5.91 Å². The monoisotopic (exact) mass is 274 g/mol. The number of aromatic nitrogens is 2. The first-order chi connectivity index (χ1) is 9.13. The highest BCUT2D eigenvalue weighted by atomic mass is 35.5. The van der Waals surface area contributed by atoms with Crippen LogP contribution in [0.2, 0.25) is 5.15 Å². The summed E-state index contributed by atoms with van der Waals surface area (Å²) < 4.78 is 0. The summed E-state index contributed by atoms with van der Waals surface area (Å²) in [6.07, 6.45) is 0. The number of anilines is 2. The van der Waals surface area contributed by atoms with E-state index in [0.717, 1.165) is 0 Å². The second-order valence-electron chi connectivity index (χ2n) is 3.91. The molecule has 94 valence electrons. The molecule has 0 radical (unpaired) electrons. The molecule has 3 rings (SSSR count). The SMILES string of the molecule is O=C1NC(=O)c2cc(Nc3ccc(Cl)nn3)ccc21. The van der Waals surface area contributed by atoms with Crippen molar-refractivity contribution in [2.24, 2.45) is 0 Å². The number of nitrogens with zero attached hydrogens (tertiary/aromatic N) is 2. The molecule has 2 N–H and O–H groups in total. The first-order valence-electron chi connectivity index (χ1n) is 5.39. The van der Waals surface area contributed by atoms with Crippen LogP contribution >= 0.6 is 11.6 Å². The van der Waals surface area contributed by atoms with Crippen LogP contribution in [0.1, 0.15) is 20.7 Å². The molecule has 0 saturated heterocycles. The highest BCUT2D eigenvalue weighted by Crippen LogP contribution is 2.22. The fourth-order valence-corrected chi connectivity index (χ4v) is 1.88. The third-order valence-electron chi connectivity index (χ3n) is 2.64. The molecule has 0 spiro atoms. The summed E-state index contributed by atoms with van der Waals surface area (Å²) in [5, 5.41) is 13.0. The highest BCUT2D eigenvalue weighted by molar-refractivity contribution is 6.29. The number of nitrogens with one attached hydrogen (secondary N) is 2. The smallest absolute Gasteiger partial charge is 0.259 e. The van der Waals surface area contributed by atoms with Gasteiger partial charge in [-0.1, -0.05) is 11.6 Å². The van der Waals surface area contributed by atoms with E-state index in [2.05, 4.69) is 20.8 Å². The Morgan fingerprint density at radius 2 is 1.79 bits per heavy atom. The molecule has 0 fully saturated rings. The Balaban J connectivity index is 1.91. The summed E-state index contributed by atoms with van der Waals surface area (Å²) in [5.41, 5.74) is 1.36. The zero-order valence-electron chi connectivity index (χ0n) is 9.48. The molecule has 7 heteroatoms. The fourth-order valence-electron chi connectivity index (χ4n) is 1.78. The molecule has 0 saturated carbocycles. The Bertz CT molecular complexity index is 685. The molecule has 2 aromatic rings. The van der Waals surface area contributed by atoms with Gasteiger partial charge in [-0.3, -0.25) is 14.9 Å². The lowest BCUT2D eigenvalue weighted by Gasteiger charge is -2.05. The minimum Gasteiger partial charge on any atom is -0.339 e. The molecule has 0 bridgehead atoms. The van der Waals surface area contributed by atoms with Crippen LogP contribution in [0.25, 0.3) is 0 Å². The molecular formula is C12H7ClN4O2. The third kappa shape index (κ3) is 2.13. The average Bonchev–Trinajstić information content (AvgIpc) is 2.68. The number of fused-ring (bicyclic) bond motifs is 1. The highest BCUT2D eigenvalue weighted by Gasteiger charge is 2.26. The van der Waals surface area contributed by atoms with E-state index in [9.17, 15) is 9.59 Å². The van der Waals surface area contributed by atoms with Gasteiger partial charge in [0.15, 0.2) is 11.0 Å². The zero-order valence-corrected chi connectivity index (χ0v) is 10.2. The second-order valence-corrected chi connectivity index (χ2v) is 4.30. The van der Waals surface area contributed by atoms with Crippen molar-refractivity contribution >= 4 is 34.9 Å². The normalized spacial score (nSPS) is 13.1. The van der Waals surface area contributed by atoms with Gasteiger partial charge in [0.05, 0.1) is 11.1 Å². The van der Waals surface area contributed by atoms with Gasteiger partial charge in [-0.15, -0.1) is 10.2 Å². The lowest BCUT2D eigenvalue weighted by atomic mass is 10.1. The molecule has 1 aliphatic heterocycles. The van der Waals surface area contributed by atoms with Crippen LogP contribution in [-0.2, 0) is 0 Å².